The number of hydrogen-bond acceptors (Lipinski definition) is 6. The molecule has 2 rings (SSSR count). The van der Waals surface area contributed by atoms with Crippen LogP contribution < -0.4 is 0 Å². The molecule has 1 aliphatic rings. The molecule has 0 aliphatic carbocycles. The van der Waals surface area contributed by atoms with Gasteiger partial charge in [-0.15, -0.1) is 11.3 Å². The summed E-state index contributed by atoms with van der Waals surface area (Å²) in [6.07, 6.45) is 0.312. The molecule has 1 aromatic rings. The minimum absolute atomic E-state index is 0.334. The first-order chi connectivity index (χ1) is 10.8. The van der Waals surface area contributed by atoms with Crippen molar-refractivity contribution in [2.45, 2.75) is 52.2 Å². The predicted molar refractivity (Wildman–Crippen MR) is 87.2 cm³/mol. The van der Waals surface area contributed by atoms with Gasteiger partial charge in [0.1, 0.15) is 0 Å². The Labute approximate surface area is 140 Å². The highest BCUT2D eigenvalue weighted by Crippen LogP contribution is 2.37. The van der Waals surface area contributed by atoms with Gasteiger partial charge in [-0.05, 0) is 38.6 Å². The van der Waals surface area contributed by atoms with Gasteiger partial charge in [0.25, 0.3) is 0 Å². The molecular formula is C17H24O5S. The topological polar surface area (TPSA) is 61.8 Å². The summed E-state index contributed by atoms with van der Waals surface area (Å²) in [5.41, 5.74) is -1.37. The van der Waals surface area contributed by atoms with Crippen LogP contribution in [0, 0.1) is 5.41 Å². The van der Waals surface area contributed by atoms with Crippen LogP contribution in [0.1, 0.15) is 45.4 Å². The number of rotatable bonds is 6. The summed E-state index contributed by atoms with van der Waals surface area (Å²) < 4.78 is 16.5. The summed E-state index contributed by atoms with van der Waals surface area (Å²) in [6.45, 7) is 7.93. The average Bonchev–Trinajstić information content (AvgIpc) is 3.18. The first-order valence-electron chi connectivity index (χ1n) is 7.86. The highest BCUT2D eigenvalue weighted by Gasteiger charge is 2.43. The molecule has 1 aliphatic heterocycles. The van der Waals surface area contributed by atoms with E-state index in [1.54, 1.807) is 20.8 Å². The maximum atomic E-state index is 12.4. The Kier molecular flexibility index (Phi) is 5.47. The molecule has 2 unspecified atom stereocenters. The summed E-state index contributed by atoms with van der Waals surface area (Å²) in [5.74, 6) is -0.929. The van der Waals surface area contributed by atoms with Crippen LogP contribution in [0.25, 0.3) is 0 Å². The third-order valence-corrected chi connectivity index (χ3v) is 5.36. The number of esters is 2. The van der Waals surface area contributed by atoms with Gasteiger partial charge in [-0.1, -0.05) is 13.0 Å². The van der Waals surface area contributed by atoms with Gasteiger partial charge >= 0.3 is 11.9 Å². The van der Waals surface area contributed by atoms with Crippen LogP contribution in [0.5, 0.6) is 0 Å². The van der Waals surface area contributed by atoms with E-state index in [1.807, 2.05) is 24.4 Å². The van der Waals surface area contributed by atoms with Gasteiger partial charge in [-0.3, -0.25) is 4.79 Å². The largest absolute Gasteiger partial charge is 0.450 e. The second-order valence-electron chi connectivity index (χ2n) is 6.48. The van der Waals surface area contributed by atoms with E-state index in [2.05, 4.69) is 0 Å². The Hall–Kier alpha value is -1.40. The molecule has 23 heavy (non-hydrogen) atoms. The number of carbonyl (C=O) groups excluding carboxylic acids is 2. The molecule has 6 heteroatoms. The second-order valence-corrected chi connectivity index (χ2v) is 7.43. The van der Waals surface area contributed by atoms with Crippen LogP contribution in [0.4, 0.5) is 0 Å². The Morgan fingerprint density at radius 2 is 2.22 bits per heavy atom. The van der Waals surface area contributed by atoms with Crippen molar-refractivity contribution in [3.63, 3.8) is 0 Å². The van der Waals surface area contributed by atoms with Crippen LogP contribution in [0.15, 0.2) is 17.5 Å². The number of ether oxygens (including phenoxy) is 3. The van der Waals surface area contributed by atoms with Gasteiger partial charge in [-0.25, -0.2) is 4.79 Å². The van der Waals surface area contributed by atoms with Crippen LogP contribution >= 0.6 is 11.3 Å². The van der Waals surface area contributed by atoms with Gasteiger partial charge in [0, 0.05) is 6.42 Å². The zero-order chi connectivity index (χ0) is 17.1. The molecule has 2 heterocycles. The maximum Gasteiger partial charge on any atom is 0.348 e. The van der Waals surface area contributed by atoms with E-state index in [9.17, 15) is 9.59 Å². The zero-order valence-electron chi connectivity index (χ0n) is 14.1. The van der Waals surface area contributed by atoms with Crippen molar-refractivity contribution in [1.82, 2.24) is 0 Å². The Morgan fingerprint density at radius 1 is 1.48 bits per heavy atom. The number of thiophene rings is 1. The van der Waals surface area contributed by atoms with E-state index < -0.39 is 29.1 Å². The number of carbonyl (C=O) groups is 2. The molecule has 0 aromatic carbocycles. The normalized spacial score (nSPS) is 22.6. The van der Waals surface area contributed by atoms with Crippen LogP contribution in [-0.2, 0) is 29.4 Å². The molecular weight excluding hydrogens is 316 g/mol. The lowest BCUT2D eigenvalue weighted by atomic mass is 9.90. The monoisotopic (exact) mass is 340 g/mol. The third-order valence-electron chi connectivity index (χ3n) is 4.30. The van der Waals surface area contributed by atoms with Gasteiger partial charge in [0.05, 0.1) is 23.5 Å². The molecule has 1 aromatic heterocycles. The smallest absolute Gasteiger partial charge is 0.348 e. The van der Waals surface area contributed by atoms with E-state index in [-0.39, 0.29) is 0 Å². The highest BCUT2D eigenvalue weighted by atomic mass is 32.1. The number of hydrogen-bond donors (Lipinski definition) is 0. The standard InChI is InChI=1S/C17H24O5S/c1-5-16(3,4)15(19)21-12(2)14(18)22-17(8-9-20-11-17)13-7-6-10-23-13/h6-7,10,12H,5,8-9,11H2,1-4H3. The first kappa shape index (κ1) is 17.9. The summed E-state index contributed by atoms with van der Waals surface area (Å²) in [4.78, 5) is 25.5. The van der Waals surface area contributed by atoms with Crippen molar-refractivity contribution < 1.29 is 23.8 Å². The van der Waals surface area contributed by atoms with Crippen molar-refractivity contribution >= 4 is 23.3 Å². The summed E-state index contributed by atoms with van der Waals surface area (Å²) in [5, 5.41) is 1.94. The van der Waals surface area contributed by atoms with Crippen LogP contribution in [0.2, 0.25) is 0 Å². The molecule has 1 fully saturated rings. The summed E-state index contributed by atoms with van der Waals surface area (Å²) >= 11 is 1.53. The predicted octanol–water partition coefficient (Wildman–Crippen LogP) is 3.27. The molecule has 0 saturated carbocycles. The molecule has 128 valence electrons. The van der Waals surface area contributed by atoms with E-state index in [0.29, 0.717) is 26.1 Å². The first-order valence-corrected chi connectivity index (χ1v) is 8.74. The van der Waals surface area contributed by atoms with Crippen LogP contribution in [0.3, 0.4) is 0 Å². The van der Waals surface area contributed by atoms with Gasteiger partial charge in [-0.2, -0.15) is 0 Å². The minimum atomic E-state index is -0.939. The maximum absolute atomic E-state index is 12.4. The fourth-order valence-corrected chi connectivity index (χ4v) is 3.08. The third kappa shape index (κ3) is 3.93. The highest BCUT2D eigenvalue weighted by molar-refractivity contribution is 7.10. The van der Waals surface area contributed by atoms with Crippen molar-refractivity contribution in [3.05, 3.63) is 22.4 Å². The van der Waals surface area contributed by atoms with Crippen molar-refractivity contribution in [1.29, 1.82) is 0 Å². The molecule has 5 nitrogen and oxygen atoms in total. The fraction of sp³-hybridized carbons (Fsp3) is 0.647. The fourth-order valence-electron chi connectivity index (χ4n) is 2.20. The molecule has 0 N–H and O–H groups in total. The second kappa shape index (κ2) is 7.01. The minimum Gasteiger partial charge on any atom is -0.450 e. The lowest BCUT2D eigenvalue weighted by Crippen LogP contribution is -2.39. The lowest BCUT2D eigenvalue weighted by Gasteiger charge is -2.29. The summed E-state index contributed by atoms with van der Waals surface area (Å²) in [7, 11) is 0. The Bertz CT molecular complexity index is 543. The lowest BCUT2D eigenvalue weighted by molar-refractivity contribution is -0.182. The van der Waals surface area contributed by atoms with Crippen molar-refractivity contribution in [2.75, 3.05) is 13.2 Å². The zero-order valence-corrected chi connectivity index (χ0v) is 14.9. The Morgan fingerprint density at radius 3 is 2.74 bits per heavy atom. The molecule has 0 bridgehead atoms. The van der Waals surface area contributed by atoms with Gasteiger partial charge in [0.15, 0.2) is 11.7 Å². The van der Waals surface area contributed by atoms with E-state index in [4.69, 9.17) is 14.2 Å². The van der Waals surface area contributed by atoms with Crippen molar-refractivity contribution in [2.24, 2.45) is 5.41 Å². The molecule has 1 saturated heterocycles. The Balaban J connectivity index is 2.04. The summed E-state index contributed by atoms with van der Waals surface area (Å²) in [6, 6.07) is 3.85. The molecule has 0 amide bonds. The van der Waals surface area contributed by atoms with Crippen LogP contribution in [-0.4, -0.2) is 31.3 Å². The van der Waals surface area contributed by atoms with E-state index in [1.165, 1.54) is 11.3 Å². The van der Waals surface area contributed by atoms with E-state index in [0.717, 1.165) is 4.88 Å². The molecule has 0 radical (unpaired) electrons. The van der Waals surface area contributed by atoms with E-state index >= 15 is 0 Å². The molecule has 0 spiro atoms. The van der Waals surface area contributed by atoms with Gasteiger partial charge in [0.2, 0.25) is 0 Å². The molecule has 2 atom stereocenters. The quantitative estimate of drug-likeness (QED) is 0.744. The van der Waals surface area contributed by atoms with Crippen molar-refractivity contribution in [3.8, 4) is 0 Å². The SMILES string of the molecule is CCC(C)(C)C(=O)OC(C)C(=O)OC1(c2cccs2)CCOC1. The average molecular weight is 340 g/mol. The van der Waals surface area contributed by atoms with Gasteiger partial charge < -0.3 is 14.2 Å².